The predicted octanol–water partition coefficient (Wildman–Crippen LogP) is 4.40. The van der Waals surface area contributed by atoms with Crippen molar-refractivity contribution in [3.05, 3.63) is 35.4 Å². The van der Waals surface area contributed by atoms with Gasteiger partial charge in [-0.25, -0.2) is 0 Å². The maximum absolute atomic E-state index is 12.5. The first-order valence-electron chi connectivity index (χ1n) is 7.16. The van der Waals surface area contributed by atoms with Crippen molar-refractivity contribution in [3.8, 4) is 0 Å². The van der Waals surface area contributed by atoms with Gasteiger partial charge in [0.1, 0.15) is 0 Å². The molecule has 0 radical (unpaired) electrons. The fraction of sp³-hybridized carbons (Fsp3) is 0.625. The Morgan fingerprint density at radius 2 is 1.75 bits per heavy atom. The second-order valence-corrected chi connectivity index (χ2v) is 6.39. The molecule has 2 rings (SSSR count). The van der Waals surface area contributed by atoms with Crippen LogP contribution in [0.1, 0.15) is 44.2 Å². The highest BCUT2D eigenvalue weighted by Crippen LogP contribution is 2.37. The first kappa shape index (κ1) is 15.4. The van der Waals surface area contributed by atoms with Gasteiger partial charge in [0.05, 0.1) is 5.56 Å². The number of nitrogens with two attached hydrogens (primary N) is 1. The van der Waals surface area contributed by atoms with Crippen molar-refractivity contribution in [2.24, 2.45) is 17.6 Å². The molecule has 1 nitrogen and oxygen atoms in total. The lowest BCUT2D eigenvalue weighted by Crippen LogP contribution is -2.51. The molecule has 0 spiro atoms. The fourth-order valence-corrected chi connectivity index (χ4v) is 3.21. The summed E-state index contributed by atoms with van der Waals surface area (Å²) in [5.41, 5.74) is 6.52. The normalized spacial score (nSPS) is 31.3. The maximum atomic E-state index is 12.5. The minimum absolute atomic E-state index is 0.294. The summed E-state index contributed by atoms with van der Waals surface area (Å²) in [5.74, 6) is 0.992. The van der Waals surface area contributed by atoms with Gasteiger partial charge in [-0.3, -0.25) is 0 Å². The molecule has 1 saturated carbocycles. The lowest BCUT2D eigenvalue weighted by Gasteiger charge is -2.42. The molecule has 4 heteroatoms. The molecule has 0 saturated heterocycles. The molecule has 1 aromatic rings. The molecule has 3 unspecified atom stereocenters. The van der Waals surface area contributed by atoms with Gasteiger partial charge in [0.15, 0.2) is 0 Å². The van der Waals surface area contributed by atoms with Crippen LogP contribution in [-0.2, 0) is 12.6 Å². The highest BCUT2D eigenvalue weighted by atomic mass is 19.4. The van der Waals surface area contributed by atoms with Crippen molar-refractivity contribution in [1.29, 1.82) is 0 Å². The second-order valence-electron chi connectivity index (χ2n) is 6.39. The summed E-state index contributed by atoms with van der Waals surface area (Å²) >= 11 is 0. The minimum Gasteiger partial charge on any atom is -0.325 e. The summed E-state index contributed by atoms with van der Waals surface area (Å²) in [4.78, 5) is 0. The summed E-state index contributed by atoms with van der Waals surface area (Å²) in [7, 11) is 0. The number of hydrogen-bond acceptors (Lipinski definition) is 1. The third-order valence-electron chi connectivity index (χ3n) is 4.62. The van der Waals surface area contributed by atoms with Crippen molar-refractivity contribution >= 4 is 0 Å². The Morgan fingerprint density at radius 1 is 1.15 bits per heavy atom. The molecule has 1 fully saturated rings. The monoisotopic (exact) mass is 285 g/mol. The van der Waals surface area contributed by atoms with Crippen molar-refractivity contribution in [2.45, 2.75) is 51.2 Å². The lowest BCUT2D eigenvalue weighted by molar-refractivity contribution is -0.137. The SMILES string of the molecule is CC1CCC(C)C(N)(Cc2ccc(C(F)(F)F)cc2)C1. The molecule has 0 aromatic heterocycles. The smallest absolute Gasteiger partial charge is 0.325 e. The number of rotatable bonds is 2. The molecule has 3 atom stereocenters. The number of hydrogen-bond donors (Lipinski definition) is 1. The highest BCUT2D eigenvalue weighted by molar-refractivity contribution is 5.26. The van der Waals surface area contributed by atoms with E-state index in [1.807, 2.05) is 0 Å². The van der Waals surface area contributed by atoms with E-state index in [9.17, 15) is 13.2 Å². The molecule has 20 heavy (non-hydrogen) atoms. The zero-order valence-electron chi connectivity index (χ0n) is 12.0. The zero-order valence-corrected chi connectivity index (χ0v) is 12.0. The molecule has 0 bridgehead atoms. The van der Waals surface area contributed by atoms with Crippen molar-refractivity contribution in [1.82, 2.24) is 0 Å². The first-order chi connectivity index (χ1) is 9.21. The maximum Gasteiger partial charge on any atom is 0.416 e. The molecule has 0 heterocycles. The van der Waals surface area contributed by atoms with Crippen LogP contribution in [0.25, 0.3) is 0 Å². The number of halogens is 3. The first-order valence-corrected chi connectivity index (χ1v) is 7.16. The summed E-state index contributed by atoms with van der Waals surface area (Å²) in [5, 5.41) is 0. The molecule has 2 N–H and O–H groups in total. The Bertz CT molecular complexity index is 452. The fourth-order valence-electron chi connectivity index (χ4n) is 3.21. The van der Waals surface area contributed by atoms with Crippen LogP contribution in [-0.4, -0.2) is 5.54 Å². The molecule has 1 aliphatic rings. The predicted molar refractivity (Wildman–Crippen MR) is 74.2 cm³/mol. The Hall–Kier alpha value is -1.03. The Kier molecular flexibility index (Phi) is 4.14. The molecule has 1 aromatic carbocycles. The molecular weight excluding hydrogens is 263 g/mol. The molecule has 0 aliphatic heterocycles. The highest BCUT2D eigenvalue weighted by Gasteiger charge is 2.37. The Labute approximate surface area is 118 Å². The average Bonchev–Trinajstić information content (AvgIpc) is 2.34. The largest absolute Gasteiger partial charge is 0.416 e. The third kappa shape index (κ3) is 3.35. The Morgan fingerprint density at radius 3 is 2.30 bits per heavy atom. The van der Waals surface area contributed by atoms with E-state index in [4.69, 9.17) is 5.73 Å². The van der Waals surface area contributed by atoms with E-state index < -0.39 is 11.7 Å². The van der Waals surface area contributed by atoms with E-state index in [1.54, 1.807) is 12.1 Å². The van der Waals surface area contributed by atoms with Gasteiger partial charge >= 0.3 is 6.18 Å². The molecule has 0 amide bonds. The van der Waals surface area contributed by atoms with Gasteiger partial charge in [-0.2, -0.15) is 13.2 Å². The van der Waals surface area contributed by atoms with Gasteiger partial charge < -0.3 is 5.73 Å². The zero-order chi connectivity index (χ0) is 15.0. The van der Waals surface area contributed by atoms with Crippen molar-refractivity contribution < 1.29 is 13.2 Å². The van der Waals surface area contributed by atoms with E-state index in [1.165, 1.54) is 6.42 Å². The van der Waals surface area contributed by atoms with E-state index in [0.29, 0.717) is 18.3 Å². The quantitative estimate of drug-likeness (QED) is 0.856. The van der Waals surface area contributed by atoms with E-state index in [-0.39, 0.29) is 5.54 Å². The van der Waals surface area contributed by atoms with Crippen molar-refractivity contribution in [3.63, 3.8) is 0 Å². The van der Waals surface area contributed by atoms with Crippen LogP contribution < -0.4 is 5.73 Å². The third-order valence-corrected chi connectivity index (χ3v) is 4.62. The van der Waals surface area contributed by atoms with Crippen LogP contribution in [0, 0.1) is 11.8 Å². The standard InChI is InChI=1S/C16H22F3N/c1-11-3-4-12(2)15(20,9-11)10-13-5-7-14(8-6-13)16(17,18)19/h5-8,11-12H,3-4,9-10,20H2,1-2H3. The van der Waals surface area contributed by atoms with Crippen LogP contribution in [0.5, 0.6) is 0 Å². The van der Waals surface area contributed by atoms with E-state index >= 15 is 0 Å². The Balaban J connectivity index is 2.13. The topological polar surface area (TPSA) is 26.0 Å². The second kappa shape index (κ2) is 5.40. The molecule has 1 aliphatic carbocycles. The van der Waals surface area contributed by atoms with E-state index in [0.717, 1.165) is 30.5 Å². The summed E-state index contributed by atoms with van der Waals surface area (Å²) in [6, 6.07) is 5.41. The van der Waals surface area contributed by atoms with Crippen LogP contribution in [0.2, 0.25) is 0 Å². The van der Waals surface area contributed by atoms with Crippen LogP contribution in [0.4, 0.5) is 13.2 Å². The van der Waals surface area contributed by atoms with Gasteiger partial charge in [0.25, 0.3) is 0 Å². The van der Waals surface area contributed by atoms with Gasteiger partial charge in [0, 0.05) is 5.54 Å². The molecule has 112 valence electrons. The summed E-state index contributed by atoms with van der Waals surface area (Å²) < 4.78 is 37.6. The van der Waals surface area contributed by atoms with Gasteiger partial charge in [-0.15, -0.1) is 0 Å². The van der Waals surface area contributed by atoms with Crippen LogP contribution >= 0.6 is 0 Å². The summed E-state index contributed by atoms with van der Waals surface area (Å²) in [6.07, 6.45) is -0.400. The van der Waals surface area contributed by atoms with Crippen molar-refractivity contribution in [2.75, 3.05) is 0 Å². The van der Waals surface area contributed by atoms with Gasteiger partial charge in [-0.1, -0.05) is 32.4 Å². The van der Waals surface area contributed by atoms with Gasteiger partial charge in [-0.05, 0) is 48.8 Å². The number of alkyl halides is 3. The number of benzene rings is 1. The minimum atomic E-state index is -4.27. The molecular formula is C16H22F3N. The van der Waals surface area contributed by atoms with Crippen LogP contribution in [0.3, 0.4) is 0 Å². The van der Waals surface area contributed by atoms with E-state index in [2.05, 4.69) is 13.8 Å². The lowest BCUT2D eigenvalue weighted by atomic mass is 9.68. The van der Waals surface area contributed by atoms with Gasteiger partial charge in [0.2, 0.25) is 0 Å². The average molecular weight is 285 g/mol. The summed E-state index contributed by atoms with van der Waals surface area (Å²) in [6.45, 7) is 4.34. The van der Waals surface area contributed by atoms with Crippen LogP contribution in [0.15, 0.2) is 24.3 Å².